The number of carbonyl (C=O) groups is 1. The molecule has 0 aliphatic carbocycles. The SMILES string of the molecule is CC(C)(C)n1nc2c(c1NC(=O)C(c1ccccc1)c1ccccc1)C[S@@](=O)C2. The van der Waals surface area contributed by atoms with Crippen molar-refractivity contribution in [2.45, 2.75) is 43.7 Å². The normalized spacial score (nSPS) is 16.1. The second kappa shape index (κ2) is 7.59. The number of aromatic nitrogens is 2. The van der Waals surface area contributed by atoms with Gasteiger partial charge in [-0.1, -0.05) is 60.7 Å². The minimum absolute atomic E-state index is 0.117. The maximum atomic E-state index is 13.5. The Kier molecular flexibility index (Phi) is 5.13. The molecule has 6 heteroatoms. The summed E-state index contributed by atoms with van der Waals surface area (Å²) in [7, 11) is -0.958. The van der Waals surface area contributed by atoms with Crippen molar-refractivity contribution >= 4 is 22.5 Å². The lowest BCUT2D eigenvalue weighted by Crippen LogP contribution is -2.29. The van der Waals surface area contributed by atoms with E-state index >= 15 is 0 Å². The molecule has 1 atom stereocenters. The van der Waals surface area contributed by atoms with E-state index in [0.717, 1.165) is 22.4 Å². The van der Waals surface area contributed by atoms with Gasteiger partial charge < -0.3 is 5.32 Å². The van der Waals surface area contributed by atoms with Gasteiger partial charge in [0.25, 0.3) is 0 Å². The minimum Gasteiger partial charge on any atom is -0.310 e. The van der Waals surface area contributed by atoms with Crippen molar-refractivity contribution in [2.24, 2.45) is 0 Å². The molecule has 4 rings (SSSR count). The van der Waals surface area contributed by atoms with Gasteiger partial charge in [-0.2, -0.15) is 5.10 Å². The maximum absolute atomic E-state index is 13.5. The molecule has 3 aromatic rings. The largest absolute Gasteiger partial charge is 0.310 e. The number of carbonyl (C=O) groups excluding carboxylic acids is 1. The predicted octanol–water partition coefficient (Wildman–Crippen LogP) is 4.17. The second-order valence-corrected chi connectivity index (χ2v) is 9.79. The van der Waals surface area contributed by atoms with Crippen LogP contribution in [0.4, 0.5) is 5.82 Å². The highest BCUT2D eigenvalue weighted by molar-refractivity contribution is 7.83. The van der Waals surface area contributed by atoms with E-state index in [9.17, 15) is 9.00 Å². The van der Waals surface area contributed by atoms with Crippen molar-refractivity contribution in [3.8, 4) is 0 Å². The molecule has 1 N–H and O–H groups in total. The Morgan fingerprint density at radius 2 is 1.55 bits per heavy atom. The Labute approximate surface area is 173 Å². The molecule has 0 saturated heterocycles. The number of hydrogen-bond donors (Lipinski definition) is 1. The molecule has 0 unspecified atom stereocenters. The first-order valence-corrected chi connectivity index (χ1v) is 11.2. The maximum Gasteiger partial charge on any atom is 0.237 e. The molecular weight excluding hydrogens is 382 g/mol. The van der Waals surface area contributed by atoms with E-state index in [0.29, 0.717) is 17.3 Å². The molecule has 5 nitrogen and oxygen atoms in total. The van der Waals surface area contributed by atoms with Gasteiger partial charge in [-0.3, -0.25) is 9.00 Å². The van der Waals surface area contributed by atoms with E-state index in [1.807, 2.05) is 86.1 Å². The van der Waals surface area contributed by atoms with Crippen LogP contribution in [0.2, 0.25) is 0 Å². The molecule has 0 fully saturated rings. The number of nitrogens with one attached hydrogen (secondary N) is 1. The van der Waals surface area contributed by atoms with Crippen LogP contribution >= 0.6 is 0 Å². The predicted molar refractivity (Wildman–Crippen MR) is 116 cm³/mol. The molecule has 1 aliphatic rings. The minimum atomic E-state index is -0.958. The van der Waals surface area contributed by atoms with Crippen LogP contribution in [0.3, 0.4) is 0 Å². The van der Waals surface area contributed by atoms with Gasteiger partial charge in [0.15, 0.2) is 0 Å². The summed E-state index contributed by atoms with van der Waals surface area (Å²) in [5.74, 6) is 0.988. The molecule has 29 heavy (non-hydrogen) atoms. The van der Waals surface area contributed by atoms with Crippen LogP contribution in [0, 0.1) is 0 Å². The molecule has 0 bridgehead atoms. The molecule has 1 aromatic heterocycles. The summed E-state index contributed by atoms with van der Waals surface area (Å²) < 4.78 is 13.9. The van der Waals surface area contributed by atoms with E-state index in [1.54, 1.807) is 0 Å². The highest BCUT2D eigenvalue weighted by Crippen LogP contribution is 2.34. The Balaban J connectivity index is 1.75. The Hall–Kier alpha value is -2.73. The third-order valence-corrected chi connectivity index (χ3v) is 6.28. The van der Waals surface area contributed by atoms with Crippen molar-refractivity contribution in [1.29, 1.82) is 0 Å². The molecule has 2 aromatic carbocycles. The number of rotatable bonds is 4. The smallest absolute Gasteiger partial charge is 0.237 e. The quantitative estimate of drug-likeness (QED) is 0.706. The van der Waals surface area contributed by atoms with Crippen LogP contribution in [0.5, 0.6) is 0 Å². The number of amides is 1. The topological polar surface area (TPSA) is 64.0 Å². The first-order valence-electron chi connectivity index (χ1n) is 9.71. The Morgan fingerprint density at radius 1 is 1.00 bits per heavy atom. The summed E-state index contributed by atoms with van der Waals surface area (Å²) in [4.78, 5) is 13.5. The standard InChI is InChI=1S/C23H25N3O2S/c1-23(2,3)26-21(18-14-29(28)15-19(18)25-26)24-22(27)20(16-10-6-4-7-11-16)17-12-8-5-9-13-17/h4-13,20H,14-15H2,1-3H3,(H,24,27)/t29-/m1/s1. The lowest BCUT2D eigenvalue weighted by Gasteiger charge is -2.25. The first-order chi connectivity index (χ1) is 13.8. The third-order valence-electron chi connectivity index (χ3n) is 5.07. The van der Waals surface area contributed by atoms with Crippen LogP contribution < -0.4 is 5.32 Å². The highest BCUT2D eigenvalue weighted by atomic mass is 32.2. The molecule has 0 spiro atoms. The number of hydrogen-bond acceptors (Lipinski definition) is 3. The van der Waals surface area contributed by atoms with Crippen molar-refractivity contribution in [1.82, 2.24) is 9.78 Å². The molecular formula is C23H25N3O2S. The van der Waals surface area contributed by atoms with Crippen LogP contribution in [0.25, 0.3) is 0 Å². The number of fused-ring (bicyclic) bond motifs is 1. The van der Waals surface area contributed by atoms with E-state index in [4.69, 9.17) is 0 Å². The summed E-state index contributed by atoms with van der Waals surface area (Å²) in [5.41, 5.74) is 3.27. The van der Waals surface area contributed by atoms with E-state index in [-0.39, 0.29) is 11.4 Å². The molecule has 150 valence electrons. The van der Waals surface area contributed by atoms with E-state index in [2.05, 4.69) is 10.4 Å². The highest BCUT2D eigenvalue weighted by Gasteiger charge is 2.33. The van der Waals surface area contributed by atoms with Gasteiger partial charge in [0.05, 0.1) is 28.7 Å². The molecule has 0 saturated carbocycles. The van der Waals surface area contributed by atoms with E-state index in [1.165, 1.54) is 0 Å². The van der Waals surface area contributed by atoms with Crippen molar-refractivity contribution in [3.05, 3.63) is 83.0 Å². The average Bonchev–Trinajstić information content (AvgIpc) is 3.21. The molecule has 1 aliphatic heterocycles. The van der Waals surface area contributed by atoms with Crippen molar-refractivity contribution in [2.75, 3.05) is 5.32 Å². The van der Waals surface area contributed by atoms with Crippen LogP contribution in [-0.4, -0.2) is 19.9 Å². The van der Waals surface area contributed by atoms with Gasteiger partial charge >= 0.3 is 0 Å². The molecule has 2 heterocycles. The fourth-order valence-corrected chi connectivity index (χ4v) is 4.98. The zero-order valence-electron chi connectivity index (χ0n) is 16.9. The summed E-state index contributed by atoms with van der Waals surface area (Å²) in [5, 5.41) is 7.82. The van der Waals surface area contributed by atoms with Crippen molar-refractivity contribution in [3.63, 3.8) is 0 Å². The van der Waals surface area contributed by atoms with Gasteiger partial charge in [-0.25, -0.2) is 4.68 Å². The molecule has 1 amide bonds. The second-order valence-electron chi connectivity index (χ2n) is 8.33. The lowest BCUT2D eigenvalue weighted by molar-refractivity contribution is -0.116. The van der Waals surface area contributed by atoms with Crippen LogP contribution in [-0.2, 0) is 32.6 Å². The van der Waals surface area contributed by atoms with E-state index < -0.39 is 16.7 Å². The van der Waals surface area contributed by atoms with Crippen LogP contribution in [0.15, 0.2) is 60.7 Å². The number of benzene rings is 2. The zero-order valence-corrected chi connectivity index (χ0v) is 17.7. The van der Waals surface area contributed by atoms with Gasteiger partial charge in [0.2, 0.25) is 5.91 Å². The Morgan fingerprint density at radius 3 is 2.07 bits per heavy atom. The van der Waals surface area contributed by atoms with Gasteiger partial charge in [0.1, 0.15) is 5.82 Å². The average molecular weight is 408 g/mol. The van der Waals surface area contributed by atoms with Gasteiger partial charge in [0, 0.05) is 16.4 Å². The lowest BCUT2D eigenvalue weighted by atomic mass is 9.90. The van der Waals surface area contributed by atoms with Crippen molar-refractivity contribution < 1.29 is 9.00 Å². The summed E-state index contributed by atoms with van der Waals surface area (Å²) in [6.07, 6.45) is 0. The third kappa shape index (κ3) is 3.90. The summed E-state index contributed by atoms with van der Waals surface area (Å²) >= 11 is 0. The number of anilines is 1. The fraction of sp³-hybridized carbons (Fsp3) is 0.304. The zero-order chi connectivity index (χ0) is 20.6. The van der Waals surface area contributed by atoms with Gasteiger partial charge in [-0.15, -0.1) is 0 Å². The number of nitrogens with zero attached hydrogens (tertiary/aromatic N) is 2. The van der Waals surface area contributed by atoms with Crippen LogP contribution in [0.1, 0.15) is 49.1 Å². The summed E-state index contributed by atoms with van der Waals surface area (Å²) in [6.45, 7) is 6.15. The Bertz CT molecular complexity index is 1010. The van der Waals surface area contributed by atoms with Gasteiger partial charge in [-0.05, 0) is 31.9 Å². The fourth-order valence-electron chi connectivity index (χ4n) is 3.72. The first kappa shape index (κ1) is 19.6. The summed E-state index contributed by atoms with van der Waals surface area (Å²) in [6, 6.07) is 19.5. The molecule has 0 radical (unpaired) electrons. The monoisotopic (exact) mass is 407 g/mol.